The second-order valence-electron chi connectivity index (χ2n) is 6.83. The maximum absolute atomic E-state index is 3.96. The standard InChI is InChI=1S/C16H30N2/c1-2-13-3-5-14(6-4-13)17-15-9-11-18(12-10-15)16-7-8-16/h13-17H,2-12H2,1H3. The molecular formula is C16H30N2. The summed E-state index contributed by atoms with van der Waals surface area (Å²) in [4.78, 5) is 2.73. The minimum Gasteiger partial charge on any atom is -0.311 e. The quantitative estimate of drug-likeness (QED) is 0.824. The average molecular weight is 250 g/mol. The van der Waals surface area contributed by atoms with Gasteiger partial charge in [0.1, 0.15) is 0 Å². The molecule has 3 rings (SSSR count). The molecule has 0 atom stereocenters. The Morgan fingerprint density at radius 1 is 0.833 bits per heavy atom. The zero-order valence-corrected chi connectivity index (χ0v) is 12.0. The van der Waals surface area contributed by atoms with E-state index >= 15 is 0 Å². The van der Waals surface area contributed by atoms with E-state index in [1.165, 1.54) is 70.9 Å². The van der Waals surface area contributed by atoms with Crippen molar-refractivity contribution in [1.29, 1.82) is 0 Å². The third-order valence-corrected chi connectivity index (χ3v) is 5.49. The lowest BCUT2D eigenvalue weighted by atomic mass is 9.84. The van der Waals surface area contributed by atoms with Crippen LogP contribution in [0.3, 0.4) is 0 Å². The predicted octanol–water partition coefficient (Wildman–Crippen LogP) is 3.17. The molecule has 0 aromatic rings. The van der Waals surface area contributed by atoms with Gasteiger partial charge in [0.05, 0.1) is 0 Å². The van der Waals surface area contributed by atoms with E-state index in [9.17, 15) is 0 Å². The fraction of sp³-hybridized carbons (Fsp3) is 1.00. The van der Waals surface area contributed by atoms with Crippen LogP contribution in [-0.2, 0) is 0 Å². The Hall–Kier alpha value is -0.0800. The van der Waals surface area contributed by atoms with Crippen LogP contribution in [0.15, 0.2) is 0 Å². The Balaban J connectivity index is 1.36. The number of hydrogen-bond donors (Lipinski definition) is 1. The zero-order valence-electron chi connectivity index (χ0n) is 12.0. The summed E-state index contributed by atoms with van der Waals surface area (Å²) in [5.74, 6) is 1.03. The first-order valence-corrected chi connectivity index (χ1v) is 8.35. The summed E-state index contributed by atoms with van der Waals surface area (Å²) >= 11 is 0. The van der Waals surface area contributed by atoms with E-state index in [4.69, 9.17) is 0 Å². The molecule has 0 aromatic heterocycles. The Morgan fingerprint density at radius 3 is 2.00 bits per heavy atom. The Kier molecular flexibility index (Phi) is 4.25. The monoisotopic (exact) mass is 250 g/mol. The van der Waals surface area contributed by atoms with Gasteiger partial charge in [0, 0.05) is 18.1 Å². The lowest BCUT2D eigenvalue weighted by molar-refractivity contribution is 0.171. The topological polar surface area (TPSA) is 15.3 Å². The molecular weight excluding hydrogens is 220 g/mol. The second kappa shape index (κ2) is 5.92. The normalized spacial score (nSPS) is 35.8. The molecule has 0 aromatic carbocycles. The summed E-state index contributed by atoms with van der Waals surface area (Å²) in [6.45, 7) is 5.06. The van der Waals surface area contributed by atoms with Crippen molar-refractivity contribution >= 4 is 0 Å². The summed E-state index contributed by atoms with van der Waals surface area (Å²) in [7, 11) is 0. The number of rotatable bonds is 4. The Labute approximate surface area is 113 Å². The molecule has 1 N–H and O–H groups in total. The summed E-state index contributed by atoms with van der Waals surface area (Å²) in [6, 6.07) is 2.64. The van der Waals surface area contributed by atoms with Crippen molar-refractivity contribution in [3.05, 3.63) is 0 Å². The molecule has 3 fully saturated rings. The van der Waals surface area contributed by atoms with Crippen molar-refractivity contribution in [3.8, 4) is 0 Å². The molecule has 1 saturated heterocycles. The number of nitrogens with one attached hydrogen (secondary N) is 1. The van der Waals surface area contributed by atoms with E-state index in [-0.39, 0.29) is 0 Å². The van der Waals surface area contributed by atoms with Gasteiger partial charge in [0.2, 0.25) is 0 Å². The average Bonchev–Trinajstić information content (AvgIpc) is 3.25. The third kappa shape index (κ3) is 3.27. The van der Waals surface area contributed by atoms with Crippen molar-refractivity contribution in [2.45, 2.75) is 82.8 Å². The van der Waals surface area contributed by atoms with E-state index in [1.807, 2.05) is 0 Å². The van der Waals surface area contributed by atoms with Crippen molar-refractivity contribution in [1.82, 2.24) is 10.2 Å². The number of likely N-dealkylation sites (tertiary alicyclic amines) is 1. The Morgan fingerprint density at radius 2 is 1.44 bits per heavy atom. The van der Waals surface area contributed by atoms with E-state index in [0.29, 0.717) is 0 Å². The van der Waals surface area contributed by atoms with Gasteiger partial charge >= 0.3 is 0 Å². The van der Waals surface area contributed by atoms with E-state index in [2.05, 4.69) is 17.1 Å². The van der Waals surface area contributed by atoms with Gasteiger partial charge in [-0.2, -0.15) is 0 Å². The minimum atomic E-state index is 0.822. The summed E-state index contributed by atoms with van der Waals surface area (Å²) < 4.78 is 0. The first-order valence-electron chi connectivity index (χ1n) is 8.35. The first-order chi connectivity index (χ1) is 8.85. The molecule has 1 aliphatic heterocycles. The van der Waals surface area contributed by atoms with Crippen LogP contribution < -0.4 is 5.32 Å². The van der Waals surface area contributed by atoms with Crippen molar-refractivity contribution < 1.29 is 0 Å². The van der Waals surface area contributed by atoms with Gasteiger partial charge in [-0.25, -0.2) is 0 Å². The Bertz CT molecular complexity index is 246. The molecule has 0 unspecified atom stereocenters. The molecule has 2 aliphatic carbocycles. The van der Waals surface area contributed by atoms with Crippen LogP contribution in [0, 0.1) is 5.92 Å². The molecule has 2 nitrogen and oxygen atoms in total. The maximum atomic E-state index is 3.96. The molecule has 2 saturated carbocycles. The minimum absolute atomic E-state index is 0.822. The van der Waals surface area contributed by atoms with Crippen LogP contribution in [0.1, 0.15) is 64.7 Å². The molecule has 104 valence electrons. The zero-order chi connectivity index (χ0) is 12.4. The highest BCUT2D eigenvalue weighted by Crippen LogP contribution is 2.30. The van der Waals surface area contributed by atoms with Crippen LogP contribution in [0.5, 0.6) is 0 Å². The summed E-state index contributed by atoms with van der Waals surface area (Å²) in [5, 5.41) is 3.96. The van der Waals surface area contributed by atoms with Gasteiger partial charge in [-0.05, 0) is 70.4 Å². The summed E-state index contributed by atoms with van der Waals surface area (Å²) in [5.41, 5.74) is 0. The smallest absolute Gasteiger partial charge is 0.00964 e. The van der Waals surface area contributed by atoms with E-state index < -0.39 is 0 Å². The van der Waals surface area contributed by atoms with Crippen molar-refractivity contribution in [3.63, 3.8) is 0 Å². The van der Waals surface area contributed by atoms with Crippen molar-refractivity contribution in [2.24, 2.45) is 5.92 Å². The summed E-state index contributed by atoms with van der Waals surface area (Å²) in [6.07, 6.45) is 12.9. The molecule has 18 heavy (non-hydrogen) atoms. The van der Waals surface area contributed by atoms with Gasteiger partial charge < -0.3 is 10.2 Å². The highest BCUT2D eigenvalue weighted by molar-refractivity contribution is 4.90. The molecule has 0 radical (unpaired) electrons. The fourth-order valence-corrected chi connectivity index (χ4v) is 3.94. The second-order valence-corrected chi connectivity index (χ2v) is 6.83. The molecule has 0 spiro atoms. The SMILES string of the molecule is CCC1CCC(NC2CCN(C3CC3)CC2)CC1. The molecule has 3 aliphatic rings. The van der Waals surface area contributed by atoms with Crippen LogP contribution in [0.4, 0.5) is 0 Å². The third-order valence-electron chi connectivity index (χ3n) is 5.49. The first kappa shape index (κ1) is 12.9. The molecule has 2 heteroatoms. The highest BCUT2D eigenvalue weighted by Gasteiger charge is 2.32. The molecule has 1 heterocycles. The van der Waals surface area contributed by atoms with Gasteiger partial charge in [-0.15, -0.1) is 0 Å². The number of piperidine rings is 1. The lowest BCUT2D eigenvalue weighted by Gasteiger charge is -2.36. The van der Waals surface area contributed by atoms with Crippen LogP contribution in [0.2, 0.25) is 0 Å². The lowest BCUT2D eigenvalue weighted by Crippen LogP contribution is -2.47. The largest absolute Gasteiger partial charge is 0.311 e. The van der Waals surface area contributed by atoms with E-state index in [1.54, 1.807) is 0 Å². The van der Waals surface area contributed by atoms with E-state index in [0.717, 1.165) is 24.0 Å². The van der Waals surface area contributed by atoms with Crippen LogP contribution >= 0.6 is 0 Å². The predicted molar refractivity (Wildman–Crippen MR) is 76.8 cm³/mol. The van der Waals surface area contributed by atoms with Gasteiger partial charge in [-0.3, -0.25) is 0 Å². The van der Waals surface area contributed by atoms with Gasteiger partial charge in [0.25, 0.3) is 0 Å². The molecule has 0 bridgehead atoms. The van der Waals surface area contributed by atoms with Crippen molar-refractivity contribution in [2.75, 3.05) is 13.1 Å². The molecule has 0 amide bonds. The van der Waals surface area contributed by atoms with Crippen LogP contribution in [0.25, 0.3) is 0 Å². The van der Waals surface area contributed by atoms with Gasteiger partial charge in [-0.1, -0.05) is 13.3 Å². The van der Waals surface area contributed by atoms with Crippen LogP contribution in [-0.4, -0.2) is 36.1 Å². The fourth-order valence-electron chi connectivity index (χ4n) is 3.94. The maximum Gasteiger partial charge on any atom is 0.00964 e. The highest BCUT2D eigenvalue weighted by atomic mass is 15.2. The van der Waals surface area contributed by atoms with Gasteiger partial charge in [0.15, 0.2) is 0 Å². The number of nitrogens with zero attached hydrogens (tertiary/aromatic N) is 1. The number of hydrogen-bond acceptors (Lipinski definition) is 2.